The third-order valence-corrected chi connectivity index (χ3v) is 4.98. The van der Waals surface area contributed by atoms with Gasteiger partial charge in [-0.1, -0.05) is 42.5 Å². The molecule has 1 aliphatic heterocycles. The zero-order valence-electron chi connectivity index (χ0n) is 12.7. The molecule has 2 aromatic carbocycles. The molecule has 0 fully saturated rings. The predicted molar refractivity (Wildman–Crippen MR) is 90.3 cm³/mol. The highest BCUT2D eigenvalue weighted by atomic mass is 32.2. The smallest absolute Gasteiger partial charge is 0.335 e. The van der Waals surface area contributed by atoms with Crippen LogP contribution in [0, 0.1) is 5.82 Å². The molecule has 0 unspecified atom stereocenters. The topological polar surface area (TPSA) is 38.7 Å². The standard InChI is InChI=1S/C18H16FNO2S/c1-22-17(21)18(11-13-7-9-15(19)10-8-13)12-23-16(20-18)14-5-3-2-4-6-14/h2-10H,11-12H2,1H3/t18-/m0/s1. The van der Waals surface area contributed by atoms with Crippen molar-refractivity contribution in [3.8, 4) is 0 Å². The number of ether oxygens (including phenoxy) is 1. The van der Waals surface area contributed by atoms with Gasteiger partial charge >= 0.3 is 5.97 Å². The Morgan fingerprint density at radius 1 is 1.22 bits per heavy atom. The lowest BCUT2D eigenvalue weighted by Gasteiger charge is -2.22. The number of benzene rings is 2. The van der Waals surface area contributed by atoms with E-state index in [4.69, 9.17) is 4.74 Å². The van der Waals surface area contributed by atoms with Crippen LogP contribution in [-0.4, -0.2) is 29.4 Å². The second-order valence-electron chi connectivity index (χ2n) is 5.40. The maximum Gasteiger partial charge on any atom is 0.335 e. The van der Waals surface area contributed by atoms with E-state index in [2.05, 4.69) is 4.99 Å². The number of carbonyl (C=O) groups excluding carboxylic acids is 1. The molecular weight excluding hydrogens is 313 g/mol. The summed E-state index contributed by atoms with van der Waals surface area (Å²) in [6, 6.07) is 15.9. The average molecular weight is 329 g/mol. The number of carbonyl (C=O) groups is 1. The van der Waals surface area contributed by atoms with Gasteiger partial charge in [0.25, 0.3) is 0 Å². The third kappa shape index (κ3) is 3.29. The van der Waals surface area contributed by atoms with Gasteiger partial charge < -0.3 is 4.74 Å². The zero-order valence-corrected chi connectivity index (χ0v) is 13.5. The number of thioether (sulfide) groups is 1. The van der Waals surface area contributed by atoms with Crippen molar-refractivity contribution in [2.45, 2.75) is 12.0 Å². The van der Waals surface area contributed by atoms with Gasteiger partial charge in [-0.05, 0) is 17.7 Å². The lowest BCUT2D eigenvalue weighted by atomic mass is 9.93. The number of hydrogen-bond acceptors (Lipinski definition) is 4. The van der Waals surface area contributed by atoms with Crippen LogP contribution in [0.15, 0.2) is 59.6 Å². The number of hydrogen-bond donors (Lipinski definition) is 0. The summed E-state index contributed by atoms with van der Waals surface area (Å²) < 4.78 is 18.1. The largest absolute Gasteiger partial charge is 0.467 e. The first-order valence-electron chi connectivity index (χ1n) is 7.24. The zero-order chi connectivity index (χ0) is 16.3. The van der Waals surface area contributed by atoms with Gasteiger partial charge in [-0.2, -0.15) is 0 Å². The van der Waals surface area contributed by atoms with E-state index in [0.717, 1.165) is 16.2 Å². The first-order valence-corrected chi connectivity index (χ1v) is 8.22. The van der Waals surface area contributed by atoms with Crippen molar-refractivity contribution in [1.82, 2.24) is 0 Å². The number of methoxy groups -OCH3 is 1. The maximum atomic E-state index is 13.1. The number of rotatable bonds is 4. The van der Waals surface area contributed by atoms with E-state index in [0.29, 0.717) is 12.2 Å². The van der Waals surface area contributed by atoms with Crippen LogP contribution in [-0.2, 0) is 16.0 Å². The lowest BCUT2D eigenvalue weighted by molar-refractivity contribution is -0.145. The molecule has 0 N–H and O–H groups in total. The van der Waals surface area contributed by atoms with Gasteiger partial charge in [0.2, 0.25) is 0 Å². The molecule has 0 amide bonds. The second kappa shape index (κ2) is 6.54. The summed E-state index contributed by atoms with van der Waals surface area (Å²) in [5.41, 5.74) is 0.889. The van der Waals surface area contributed by atoms with E-state index >= 15 is 0 Å². The molecule has 3 rings (SSSR count). The molecular formula is C18H16FNO2S. The molecule has 2 aromatic rings. The van der Waals surface area contributed by atoms with Crippen molar-refractivity contribution >= 4 is 22.8 Å². The Morgan fingerprint density at radius 3 is 2.57 bits per heavy atom. The molecule has 1 atom stereocenters. The Kier molecular flexibility index (Phi) is 4.48. The van der Waals surface area contributed by atoms with Crippen molar-refractivity contribution < 1.29 is 13.9 Å². The summed E-state index contributed by atoms with van der Waals surface area (Å²) >= 11 is 1.54. The van der Waals surface area contributed by atoms with Crippen LogP contribution in [0.25, 0.3) is 0 Å². The van der Waals surface area contributed by atoms with Gasteiger partial charge in [0.05, 0.1) is 12.2 Å². The Hall–Kier alpha value is -2.14. The molecule has 0 aromatic heterocycles. The van der Waals surface area contributed by atoms with Crippen LogP contribution in [0.5, 0.6) is 0 Å². The summed E-state index contributed by atoms with van der Waals surface area (Å²) in [5.74, 6) is -0.142. The van der Waals surface area contributed by atoms with Crippen LogP contribution in [0.3, 0.4) is 0 Å². The molecule has 0 aliphatic carbocycles. The molecule has 0 bridgehead atoms. The van der Waals surface area contributed by atoms with Crippen LogP contribution in [0.4, 0.5) is 4.39 Å². The molecule has 0 saturated heterocycles. The highest BCUT2D eigenvalue weighted by molar-refractivity contribution is 8.14. The Morgan fingerprint density at radius 2 is 1.91 bits per heavy atom. The average Bonchev–Trinajstić information content (AvgIpc) is 3.02. The summed E-state index contributed by atoms with van der Waals surface area (Å²) in [6.45, 7) is 0. The summed E-state index contributed by atoms with van der Waals surface area (Å²) in [7, 11) is 1.37. The summed E-state index contributed by atoms with van der Waals surface area (Å²) in [5, 5.41) is 0.832. The fourth-order valence-corrected chi connectivity index (χ4v) is 3.77. The Bertz CT molecular complexity index is 730. The van der Waals surface area contributed by atoms with Crippen LogP contribution < -0.4 is 0 Å². The van der Waals surface area contributed by atoms with E-state index in [1.807, 2.05) is 30.3 Å². The van der Waals surface area contributed by atoms with Gasteiger partial charge in [-0.25, -0.2) is 9.18 Å². The Labute approximate surface area is 138 Å². The van der Waals surface area contributed by atoms with E-state index in [1.54, 1.807) is 23.9 Å². The number of halogens is 1. The minimum Gasteiger partial charge on any atom is -0.467 e. The minimum absolute atomic E-state index is 0.296. The molecule has 5 heteroatoms. The molecule has 1 heterocycles. The highest BCUT2D eigenvalue weighted by Gasteiger charge is 2.44. The van der Waals surface area contributed by atoms with Crippen molar-refractivity contribution in [3.05, 3.63) is 71.5 Å². The van der Waals surface area contributed by atoms with Crippen LogP contribution in [0.2, 0.25) is 0 Å². The van der Waals surface area contributed by atoms with Gasteiger partial charge in [0, 0.05) is 17.7 Å². The first kappa shape index (κ1) is 15.7. The van der Waals surface area contributed by atoms with E-state index in [1.165, 1.54) is 19.2 Å². The van der Waals surface area contributed by atoms with Crippen molar-refractivity contribution in [1.29, 1.82) is 0 Å². The van der Waals surface area contributed by atoms with Gasteiger partial charge in [0.1, 0.15) is 5.82 Å². The normalized spacial score (nSPS) is 20.2. The van der Waals surface area contributed by atoms with Gasteiger partial charge in [-0.15, -0.1) is 11.8 Å². The van der Waals surface area contributed by atoms with Crippen molar-refractivity contribution in [2.75, 3.05) is 12.9 Å². The van der Waals surface area contributed by atoms with Crippen LogP contribution >= 0.6 is 11.8 Å². The quantitative estimate of drug-likeness (QED) is 0.806. The first-order chi connectivity index (χ1) is 11.1. The molecule has 0 spiro atoms. The van der Waals surface area contributed by atoms with Crippen LogP contribution in [0.1, 0.15) is 11.1 Å². The Balaban J connectivity index is 1.94. The number of aliphatic imine (C=N–C) groups is 1. The van der Waals surface area contributed by atoms with E-state index in [9.17, 15) is 9.18 Å². The lowest BCUT2D eigenvalue weighted by Crippen LogP contribution is -2.40. The second-order valence-corrected chi connectivity index (χ2v) is 6.36. The summed E-state index contributed by atoms with van der Waals surface area (Å²) in [6.07, 6.45) is 0.392. The SMILES string of the molecule is COC(=O)[C@]1(Cc2ccc(F)cc2)CSC(c2ccccc2)=N1. The van der Waals surface area contributed by atoms with E-state index in [-0.39, 0.29) is 11.8 Å². The maximum absolute atomic E-state index is 13.1. The fourth-order valence-electron chi connectivity index (χ4n) is 2.57. The summed E-state index contributed by atoms with van der Waals surface area (Å²) in [4.78, 5) is 17.1. The fraction of sp³-hybridized carbons (Fsp3) is 0.222. The predicted octanol–water partition coefficient (Wildman–Crippen LogP) is 3.47. The molecule has 23 heavy (non-hydrogen) atoms. The third-order valence-electron chi connectivity index (χ3n) is 3.76. The molecule has 0 saturated carbocycles. The molecule has 1 aliphatic rings. The van der Waals surface area contributed by atoms with Crippen molar-refractivity contribution in [2.24, 2.45) is 4.99 Å². The molecule has 118 valence electrons. The van der Waals surface area contributed by atoms with E-state index < -0.39 is 5.54 Å². The van der Waals surface area contributed by atoms with Crippen molar-refractivity contribution in [3.63, 3.8) is 0 Å². The highest BCUT2D eigenvalue weighted by Crippen LogP contribution is 2.34. The monoisotopic (exact) mass is 329 g/mol. The van der Waals surface area contributed by atoms with Gasteiger partial charge in [0.15, 0.2) is 5.54 Å². The number of nitrogens with zero attached hydrogens (tertiary/aromatic N) is 1. The number of esters is 1. The molecule has 3 nitrogen and oxygen atoms in total. The minimum atomic E-state index is -0.956. The van der Waals surface area contributed by atoms with Gasteiger partial charge in [-0.3, -0.25) is 4.99 Å². The molecule has 0 radical (unpaired) electrons.